The predicted octanol–water partition coefficient (Wildman–Crippen LogP) is 3.38. The second-order valence-corrected chi connectivity index (χ2v) is 6.28. The molecule has 84 valence electrons. The lowest BCUT2D eigenvalue weighted by molar-refractivity contribution is 0.509. The summed E-state index contributed by atoms with van der Waals surface area (Å²) in [6, 6.07) is 0. The van der Waals surface area contributed by atoms with E-state index in [1.54, 1.807) is 11.3 Å². The summed E-state index contributed by atoms with van der Waals surface area (Å²) in [6.45, 7) is 2.31. The number of aryl methyl sites for hydroxylation is 1. The van der Waals surface area contributed by atoms with Crippen LogP contribution in [-0.4, -0.2) is 9.97 Å². The highest BCUT2D eigenvalue weighted by molar-refractivity contribution is 7.71. The van der Waals surface area contributed by atoms with Gasteiger partial charge in [-0.05, 0) is 43.0 Å². The summed E-state index contributed by atoms with van der Waals surface area (Å²) in [4.78, 5) is 9.84. The van der Waals surface area contributed by atoms with Crippen molar-refractivity contribution in [1.29, 1.82) is 0 Å². The first-order chi connectivity index (χ1) is 7.65. The molecule has 2 aromatic rings. The van der Waals surface area contributed by atoms with Crippen molar-refractivity contribution in [3.63, 3.8) is 0 Å². The maximum atomic E-state index is 5.35. The molecule has 1 aliphatic rings. The minimum absolute atomic E-state index is 0.504. The molecule has 1 aliphatic carbocycles. The molecular formula is C11H11N2S3-. The summed E-state index contributed by atoms with van der Waals surface area (Å²) in [5, 5.41) is 1.91. The zero-order valence-electron chi connectivity index (χ0n) is 8.87. The average Bonchev–Trinajstić information content (AvgIpc) is 2.54. The largest absolute Gasteiger partial charge is 0.762 e. The lowest BCUT2D eigenvalue weighted by Gasteiger charge is -2.19. The SMILES string of the molecule is C[C@H]1CCc2c(sc3nc(=S)[nH]c([S-])c23)C1. The van der Waals surface area contributed by atoms with Gasteiger partial charge >= 0.3 is 0 Å². The molecule has 0 saturated carbocycles. The summed E-state index contributed by atoms with van der Waals surface area (Å²) in [5.74, 6) is 0.779. The van der Waals surface area contributed by atoms with E-state index in [2.05, 4.69) is 16.9 Å². The Kier molecular flexibility index (Phi) is 2.49. The Morgan fingerprint density at radius 3 is 3.19 bits per heavy atom. The Morgan fingerprint density at radius 2 is 2.38 bits per heavy atom. The van der Waals surface area contributed by atoms with Crippen LogP contribution >= 0.6 is 23.6 Å². The van der Waals surface area contributed by atoms with Gasteiger partial charge in [-0.15, -0.1) is 11.3 Å². The van der Waals surface area contributed by atoms with Gasteiger partial charge in [-0.2, -0.15) is 0 Å². The lowest BCUT2D eigenvalue weighted by atomic mass is 9.89. The van der Waals surface area contributed by atoms with Crippen molar-refractivity contribution in [2.75, 3.05) is 0 Å². The number of hydrogen-bond donors (Lipinski definition) is 1. The van der Waals surface area contributed by atoms with Crippen LogP contribution in [-0.2, 0) is 25.5 Å². The molecule has 0 radical (unpaired) electrons. The monoisotopic (exact) mass is 267 g/mol. The second kappa shape index (κ2) is 3.75. The van der Waals surface area contributed by atoms with Crippen LogP contribution in [0.5, 0.6) is 0 Å². The number of rotatable bonds is 0. The number of aromatic amines is 1. The van der Waals surface area contributed by atoms with Crippen molar-refractivity contribution >= 4 is 46.4 Å². The molecule has 3 rings (SSSR count). The first kappa shape index (κ1) is 10.6. The van der Waals surface area contributed by atoms with Gasteiger partial charge in [-0.25, -0.2) is 4.98 Å². The van der Waals surface area contributed by atoms with Crippen molar-refractivity contribution < 1.29 is 0 Å². The van der Waals surface area contributed by atoms with E-state index in [1.165, 1.54) is 16.9 Å². The molecule has 0 fully saturated rings. The van der Waals surface area contributed by atoms with Crippen molar-refractivity contribution in [3.8, 4) is 0 Å². The Hall–Kier alpha value is -0.520. The van der Waals surface area contributed by atoms with Gasteiger partial charge in [-0.1, -0.05) is 11.9 Å². The smallest absolute Gasteiger partial charge is 0.196 e. The fourth-order valence-electron chi connectivity index (χ4n) is 2.33. The summed E-state index contributed by atoms with van der Waals surface area (Å²) in [7, 11) is 0. The molecule has 2 aromatic heterocycles. The molecule has 0 aromatic carbocycles. The number of nitrogens with zero attached hydrogens (tertiary/aromatic N) is 1. The van der Waals surface area contributed by atoms with Gasteiger partial charge < -0.3 is 17.6 Å². The third kappa shape index (κ3) is 1.58. The first-order valence-electron chi connectivity index (χ1n) is 5.36. The third-order valence-electron chi connectivity index (χ3n) is 3.14. The maximum absolute atomic E-state index is 5.35. The van der Waals surface area contributed by atoms with Crippen LogP contribution in [0.1, 0.15) is 23.8 Å². The van der Waals surface area contributed by atoms with Gasteiger partial charge in [0.2, 0.25) is 0 Å². The molecule has 1 atom stereocenters. The first-order valence-corrected chi connectivity index (χ1v) is 7.00. The van der Waals surface area contributed by atoms with Crippen LogP contribution in [0.15, 0.2) is 5.03 Å². The molecule has 2 nitrogen and oxygen atoms in total. The summed E-state index contributed by atoms with van der Waals surface area (Å²) in [5.41, 5.74) is 1.42. The molecule has 0 aliphatic heterocycles. The van der Waals surface area contributed by atoms with Crippen LogP contribution < -0.4 is 0 Å². The molecule has 1 N–H and O–H groups in total. The van der Waals surface area contributed by atoms with E-state index >= 15 is 0 Å². The number of fused-ring (bicyclic) bond motifs is 3. The van der Waals surface area contributed by atoms with Crippen LogP contribution in [0.3, 0.4) is 0 Å². The minimum Gasteiger partial charge on any atom is -0.762 e. The minimum atomic E-state index is 0.504. The molecular weight excluding hydrogens is 256 g/mol. The quantitative estimate of drug-likeness (QED) is 0.450. The standard InChI is InChI=1S/C11H12N2S3/c1-5-2-3-6-7(4-5)16-10-8(6)9(14)12-11(15)13-10/h5H,2-4H2,1H3,(H2,12,13,14,15)/p-1/t5-/m0/s1. The van der Waals surface area contributed by atoms with Gasteiger partial charge in [0.1, 0.15) is 4.83 Å². The normalized spacial score (nSPS) is 19.9. The molecule has 0 unspecified atom stereocenters. The summed E-state index contributed by atoms with van der Waals surface area (Å²) >= 11 is 12.2. The van der Waals surface area contributed by atoms with E-state index in [0.717, 1.165) is 34.0 Å². The van der Waals surface area contributed by atoms with Gasteiger partial charge in [0.25, 0.3) is 0 Å². The van der Waals surface area contributed by atoms with E-state index in [1.807, 2.05) is 0 Å². The number of H-pyrrole nitrogens is 1. The Balaban J connectivity index is 2.33. The number of nitrogens with one attached hydrogen (secondary N) is 1. The molecule has 0 bridgehead atoms. The van der Waals surface area contributed by atoms with Crippen LogP contribution in [0.4, 0.5) is 0 Å². The van der Waals surface area contributed by atoms with Crippen molar-refractivity contribution in [1.82, 2.24) is 9.97 Å². The fraction of sp³-hybridized carbons (Fsp3) is 0.455. The predicted molar refractivity (Wildman–Crippen MR) is 71.6 cm³/mol. The van der Waals surface area contributed by atoms with E-state index in [0.29, 0.717) is 4.77 Å². The molecule has 16 heavy (non-hydrogen) atoms. The maximum Gasteiger partial charge on any atom is 0.196 e. The van der Waals surface area contributed by atoms with E-state index < -0.39 is 0 Å². The summed E-state index contributed by atoms with van der Waals surface area (Å²) in [6.07, 6.45) is 3.55. The van der Waals surface area contributed by atoms with E-state index in [9.17, 15) is 0 Å². The zero-order chi connectivity index (χ0) is 11.3. The summed E-state index contributed by atoms with van der Waals surface area (Å²) < 4.78 is 0.504. The highest BCUT2D eigenvalue weighted by Gasteiger charge is 2.20. The highest BCUT2D eigenvalue weighted by atomic mass is 32.1. The van der Waals surface area contributed by atoms with Crippen LogP contribution in [0, 0.1) is 10.7 Å². The zero-order valence-corrected chi connectivity index (χ0v) is 11.3. The van der Waals surface area contributed by atoms with Crippen molar-refractivity contribution in [2.45, 2.75) is 31.2 Å². The van der Waals surface area contributed by atoms with E-state index in [4.69, 9.17) is 24.8 Å². The average molecular weight is 267 g/mol. The Bertz CT molecular complexity index is 611. The van der Waals surface area contributed by atoms with Gasteiger partial charge in [0, 0.05) is 10.3 Å². The molecule has 2 heterocycles. The van der Waals surface area contributed by atoms with E-state index in [-0.39, 0.29) is 0 Å². The van der Waals surface area contributed by atoms with Crippen LogP contribution in [0.2, 0.25) is 0 Å². The third-order valence-corrected chi connectivity index (χ3v) is 4.79. The highest BCUT2D eigenvalue weighted by Crippen LogP contribution is 2.38. The molecule has 0 spiro atoms. The number of thiophene rings is 1. The molecule has 0 saturated heterocycles. The molecule has 5 heteroatoms. The number of aromatic nitrogens is 2. The van der Waals surface area contributed by atoms with Crippen molar-refractivity contribution in [2.24, 2.45) is 5.92 Å². The fourth-order valence-corrected chi connectivity index (χ4v) is 4.42. The van der Waals surface area contributed by atoms with Gasteiger partial charge in [0.05, 0.1) is 0 Å². The van der Waals surface area contributed by atoms with Gasteiger partial charge in [-0.3, -0.25) is 0 Å². The van der Waals surface area contributed by atoms with Gasteiger partial charge in [0.15, 0.2) is 4.77 Å². The Morgan fingerprint density at radius 1 is 1.56 bits per heavy atom. The van der Waals surface area contributed by atoms with Crippen LogP contribution in [0.25, 0.3) is 10.2 Å². The molecule has 0 amide bonds. The van der Waals surface area contributed by atoms with Crippen molar-refractivity contribution in [3.05, 3.63) is 15.2 Å². The topological polar surface area (TPSA) is 28.7 Å². The Labute approximate surface area is 109 Å². The lowest BCUT2D eigenvalue weighted by Crippen LogP contribution is -2.08. The second-order valence-electron chi connectivity index (χ2n) is 4.40. The number of hydrogen-bond acceptors (Lipinski definition) is 4.